The summed E-state index contributed by atoms with van der Waals surface area (Å²) < 4.78 is 75.3. The molecule has 0 N–H and O–H groups in total. The number of hydrogen-bond donors (Lipinski definition) is 0. The summed E-state index contributed by atoms with van der Waals surface area (Å²) in [6, 6.07) is 17.3. The van der Waals surface area contributed by atoms with Crippen LogP contribution < -0.4 is 5.76 Å². The van der Waals surface area contributed by atoms with E-state index in [-0.39, 0.29) is 18.0 Å². The molecule has 0 amide bonds. The molecule has 0 saturated heterocycles. The molecule has 1 heterocycles. The molecule has 0 atom stereocenters. The van der Waals surface area contributed by atoms with Crippen LogP contribution in [0.25, 0.3) is 23.5 Å². The summed E-state index contributed by atoms with van der Waals surface area (Å²) in [5.41, 5.74) is 0.212. The lowest BCUT2D eigenvalue weighted by Crippen LogP contribution is -2.16. The van der Waals surface area contributed by atoms with Crippen molar-refractivity contribution in [3.8, 4) is 11.3 Å². The van der Waals surface area contributed by atoms with Gasteiger partial charge in [-0.1, -0.05) is 60.7 Å². The van der Waals surface area contributed by atoms with E-state index in [1.807, 2.05) is 0 Å². The van der Waals surface area contributed by atoms with Crippen molar-refractivity contribution in [2.24, 2.45) is 0 Å². The molecular formula is C24H14F5NO2. The predicted octanol–water partition coefficient (Wildman–Crippen LogP) is 6.02. The van der Waals surface area contributed by atoms with E-state index in [4.69, 9.17) is 4.42 Å². The third kappa shape index (κ3) is 3.87. The van der Waals surface area contributed by atoms with Gasteiger partial charge in [-0.05, 0) is 17.7 Å². The second-order valence-electron chi connectivity index (χ2n) is 6.84. The van der Waals surface area contributed by atoms with Gasteiger partial charge in [-0.3, -0.25) is 4.57 Å². The SMILES string of the molecule is O=c1oc(-c2ccccc2)c(/C=C/c2c(F)c(F)c(F)c(F)c2F)n1Cc1ccccc1. The molecule has 4 rings (SSSR count). The van der Waals surface area contributed by atoms with Crippen molar-refractivity contribution in [3.63, 3.8) is 0 Å². The van der Waals surface area contributed by atoms with Crippen molar-refractivity contribution in [3.05, 3.63) is 117 Å². The lowest BCUT2D eigenvalue weighted by molar-refractivity contribution is 0.377. The number of hydrogen-bond acceptors (Lipinski definition) is 2. The van der Waals surface area contributed by atoms with Crippen LogP contribution in [0, 0.1) is 29.1 Å². The Morgan fingerprint density at radius 1 is 0.719 bits per heavy atom. The summed E-state index contributed by atoms with van der Waals surface area (Å²) >= 11 is 0. The molecule has 0 fully saturated rings. The Morgan fingerprint density at radius 3 is 1.84 bits per heavy atom. The molecule has 0 aliphatic carbocycles. The summed E-state index contributed by atoms with van der Waals surface area (Å²) in [6.07, 6.45) is 1.82. The van der Waals surface area contributed by atoms with Gasteiger partial charge in [0.15, 0.2) is 29.0 Å². The maximum atomic E-state index is 14.1. The predicted molar refractivity (Wildman–Crippen MR) is 109 cm³/mol. The fraction of sp³-hybridized carbons (Fsp3) is 0.0417. The third-order valence-corrected chi connectivity index (χ3v) is 4.80. The molecule has 162 valence electrons. The minimum Gasteiger partial charge on any atom is -0.407 e. The van der Waals surface area contributed by atoms with Crippen LogP contribution in [0.5, 0.6) is 0 Å². The van der Waals surface area contributed by atoms with E-state index in [0.29, 0.717) is 5.56 Å². The fourth-order valence-electron chi connectivity index (χ4n) is 3.22. The third-order valence-electron chi connectivity index (χ3n) is 4.80. The van der Waals surface area contributed by atoms with Crippen molar-refractivity contribution >= 4 is 12.2 Å². The number of halogens is 5. The molecule has 0 spiro atoms. The van der Waals surface area contributed by atoms with E-state index in [0.717, 1.165) is 17.7 Å². The van der Waals surface area contributed by atoms with Gasteiger partial charge in [0.1, 0.15) is 0 Å². The highest BCUT2D eigenvalue weighted by Crippen LogP contribution is 2.28. The van der Waals surface area contributed by atoms with E-state index in [1.54, 1.807) is 60.7 Å². The highest BCUT2D eigenvalue weighted by Gasteiger charge is 2.25. The van der Waals surface area contributed by atoms with Crippen LogP contribution in [0.15, 0.2) is 69.9 Å². The molecule has 0 radical (unpaired) electrons. The standard InChI is InChI=1S/C24H14F5NO2/c25-18-16(19(26)21(28)22(29)20(18)27)11-12-17-23(15-9-5-2-6-10-15)32-24(31)30(17)13-14-7-3-1-4-8-14/h1-12H,13H2/b12-11+. The first kappa shape index (κ1) is 21.3. The molecule has 3 nitrogen and oxygen atoms in total. The van der Waals surface area contributed by atoms with Gasteiger partial charge in [-0.2, -0.15) is 0 Å². The van der Waals surface area contributed by atoms with Crippen LogP contribution >= 0.6 is 0 Å². The maximum absolute atomic E-state index is 14.1. The minimum absolute atomic E-state index is 0.0623. The molecule has 1 aromatic heterocycles. The number of oxazole rings is 1. The second kappa shape index (κ2) is 8.66. The smallest absolute Gasteiger partial charge is 0.407 e. The summed E-state index contributed by atoms with van der Waals surface area (Å²) in [5.74, 6) is -11.0. The highest BCUT2D eigenvalue weighted by atomic mass is 19.2. The minimum atomic E-state index is -2.24. The van der Waals surface area contributed by atoms with Crippen molar-refractivity contribution in [2.75, 3.05) is 0 Å². The Labute approximate surface area is 178 Å². The number of benzene rings is 3. The van der Waals surface area contributed by atoms with Crippen molar-refractivity contribution in [1.29, 1.82) is 0 Å². The molecule has 0 aliphatic rings. The molecule has 8 heteroatoms. The van der Waals surface area contributed by atoms with Crippen molar-refractivity contribution in [1.82, 2.24) is 4.57 Å². The van der Waals surface area contributed by atoms with E-state index in [2.05, 4.69) is 0 Å². The maximum Gasteiger partial charge on any atom is 0.420 e. The molecule has 0 aliphatic heterocycles. The first-order valence-corrected chi connectivity index (χ1v) is 9.41. The van der Waals surface area contributed by atoms with Gasteiger partial charge in [0.05, 0.1) is 17.8 Å². The van der Waals surface area contributed by atoms with Gasteiger partial charge in [0.2, 0.25) is 5.82 Å². The van der Waals surface area contributed by atoms with Gasteiger partial charge in [0.25, 0.3) is 0 Å². The molecule has 3 aromatic carbocycles. The summed E-state index contributed by atoms with van der Waals surface area (Å²) in [6.45, 7) is 0.0623. The average molecular weight is 443 g/mol. The van der Waals surface area contributed by atoms with Gasteiger partial charge in [-0.25, -0.2) is 26.7 Å². The average Bonchev–Trinajstić information content (AvgIpc) is 3.12. The normalized spacial score (nSPS) is 11.4. The quantitative estimate of drug-likeness (QED) is 0.215. The molecule has 0 saturated carbocycles. The van der Waals surface area contributed by atoms with E-state index in [1.165, 1.54) is 4.57 Å². The zero-order valence-corrected chi connectivity index (χ0v) is 16.3. The fourth-order valence-corrected chi connectivity index (χ4v) is 3.22. The van der Waals surface area contributed by atoms with E-state index >= 15 is 0 Å². The monoisotopic (exact) mass is 443 g/mol. The second-order valence-corrected chi connectivity index (χ2v) is 6.84. The van der Waals surface area contributed by atoms with Crippen LogP contribution in [0.4, 0.5) is 22.0 Å². The van der Waals surface area contributed by atoms with Crippen molar-refractivity contribution in [2.45, 2.75) is 6.54 Å². The zero-order chi connectivity index (χ0) is 22.8. The lowest BCUT2D eigenvalue weighted by Gasteiger charge is -2.07. The first-order chi connectivity index (χ1) is 15.4. The van der Waals surface area contributed by atoms with Crippen LogP contribution in [-0.4, -0.2) is 4.57 Å². The Bertz CT molecular complexity index is 1330. The molecule has 32 heavy (non-hydrogen) atoms. The van der Waals surface area contributed by atoms with Crippen LogP contribution in [0.1, 0.15) is 16.8 Å². The van der Waals surface area contributed by atoms with E-state index < -0.39 is 40.4 Å². The van der Waals surface area contributed by atoms with Crippen LogP contribution in [0.2, 0.25) is 0 Å². The zero-order valence-electron chi connectivity index (χ0n) is 16.3. The Hall–Kier alpha value is -3.94. The Balaban J connectivity index is 1.89. The van der Waals surface area contributed by atoms with Gasteiger partial charge >= 0.3 is 5.76 Å². The van der Waals surface area contributed by atoms with Gasteiger partial charge in [0, 0.05) is 5.56 Å². The summed E-state index contributed by atoms with van der Waals surface area (Å²) in [4.78, 5) is 12.6. The first-order valence-electron chi connectivity index (χ1n) is 9.41. The summed E-state index contributed by atoms with van der Waals surface area (Å²) in [5, 5.41) is 0. The highest BCUT2D eigenvalue weighted by molar-refractivity contribution is 5.76. The Morgan fingerprint density at radius 2 is 1.25 bits per heavy atom. The number of aromatic nitrogens is 1. The largest absolute Gasteiger partial charge is 0.420 e. The lowest BCUT2D eigenvalue weighted by atomic mass is 10.1. The van der Waals surface area contributed by atoms with Crippen LogP contribution in [0.3, 0.4) is 0 Å². The molecule has 4 aromatic rings. The number of nitrogens with zero attached hydrogens (tertiary/aromatic N) is 1. The van der Waals surface area contributed by atoms with Gasteiger partial charge < -0.3 is 4.42 Å². The van der Waals surface area contributed by atoms with Crippen LogP contribution in [-0.2, 0) is 6.54 Å². The molecular weight excluding hydrogens is 429 g/mol. The van der Waals surface area contributed by atoms with Gasteiger partial charge in [-0.15, -0.1) is 0 Å². The molecule has 0 unspecified atom stereocenters. The number of rotatable bonds is 5. The molecule has 0 bridgehead atoms. The Kier molecular flexibility index (Phi) is 5.77. The topological polar surface area (TPSA) is 35.1 Å². The van der Waals surface area contributed by atoms with Crippen molar-refractivity contribution < 1.29 is 26.4 Å². The summed E-state index contributed by atoms with van der Waals surface area (Å²) in [7, 11) is 0. The van der Waals surface area contributed by atoms with E-state index in [9.17, 15) is 26.7 Å².